The Morgan fingerprint density at radius 3 is 2.09 bits per heavy atom. The van der Waals surface area contributed by atoms with Crippen molar-refractivity contribution in [2.75, 3.05) is 34.8 Å². The number of ether oxygens (including phenoxy) is 1. The lowest BCUT2D eigenvalue weighted by atomic mass is 10.2. The molecule has 0 radical (unpaired) electrons. The van der Waals surface area contributed by atoms with Gasteiger partial charge in [-0.15, -0.1) is 0 Å². The first-order valence-corrected chi connectivity index (χ1v) is 10.2. The number of benzene rings is 3. The number of rotatable bonds is 7. The predicted molar refractivity (Wildman–Crippen MR) is 126 cm³/mol. The molecule has 0 aliphatic rings. The molecule has 32 heavy (non-hydrogen) atoms. The Labute approximate surface area is 186 Å². The number of anilines is 4. The summed E-state index contributed by atoms with van der Waals surface area (Å²) in [6, 6.07) is 18.2. The molecule has 3 aromatic carbocycles. The van der Waals surface area contributed by atoms with E-state index >= 15 is 0 Å². The molecule has 3 rings (SSSR count). The van der Waals surface area contributed by atoms with E-state index in [4.69, 9.17) is 10.5 Å². The average Bonchev–Trinajstić information content (AvgIpc) is 2.79. The summed E-state index contributed by atoms with van der Waals surface area (Å²) in [7, 11) is 0. The molecule has 0 spiro atoms. The third kappa shape index (κ3) is 8.14. The zero-order valence-corrected chi connectivity index (χ0v) is 18.1. The molecule has 6 nitrogen and oxygen atoms in total. The van der Waals surface area contributed by atoms with Crippen molar-refractivity contribution >= 4 is 28.8 Å². The maximum absolute atomic E-state index is 13.5. The molecule has 8 heteroatoms. The number of nitrogens with one attached hydrogen (secondary N) is 3. The van der Waals surface area contributed by atoms with Gasteiger partial charge in [0.2, 0.25) is 0 Å². The van der Waals surface area contributed by atoms with E-state index < -0.39 is 6.09 Å². The van der Waals surface area contributed by atoms with Gasteiger partial charge in [0.1, 0.15) is 18.2 Å². The summed E-state index contributed by atoms with van der Waals surface area (Å²) < 4.78 is 31.4. The Hall–Kier alpha value is -3.81. The SMILES string of the molecule is CCNc1cc(N)ccc1F.CCNc1cc(NC(=O)OCc2ccccc2)ccc1F. The summed E-state index contributed by atoms with van der Waals surface area (Å²) in [4.78, 5) is 11.7. The molecule has 0 unspecified atom stereocenters. The third-order valence-electron chi connectivity index (χ3n) is 4.15. The number of hydrogen-bond donors (Lipinski definition) is 4. The second-order valence-electron chi connectivity index (χ2n) is 6.68. The normalized spacial score (nSPS) is 9.88. The van der Waals surface area contributed by atoms with Gasteiger partial charge in [0, 0.05) is 24.5 Å². The van der Waals surface area contributed by atoms with Crippen molar-refractivity contribution in [3.8, 4) is 0 Å². The van der Waals surface area contributed by atoms with Gasteiger partial charge in [-0.1, -0.05) is 30.3 Å². The molecule has 0 aliphatic carbocycles. The molecule has 3 aromatic rings. The van der Waals surface area contributed by atoms with Crippen molar-refractivity contribution in [1.82, 2.24) is 0 Å². The van der Waals surface area contributed by atoms with E-state index in [-0.39, 0.29) is 18.2 Å². The lowest BCUT2D eigenvalue weighted by Crippen LogP contribution is -2.14. The van der Waals surface area contributed by atoms with E-state index in [1.54, 1.807) is 6.07 Å². The highest BCUT2D eigenvalue weighted by atomic mass is 19.1. The van der Waals surface area contributed by atoms with Crippen molar-refractivity contribution in [2.45, 2.75) is 20.5 Å². The van der Waals surface area contributed by atoms with Crippen LogP contribution in [0.25, 0.3) is 0 Å². The number of halogens is 2. The van der Waals surface area contributed by atoms with Gasteiger partial charge >= 0.3 is 6.09 Å². The summed E-state index contributed by atoms with van der Waals surface area (Å²) in [5, 5.41) is 8.31. The molecule has 0 bridgehead atoms. The number of hydrogen-bond acceptors (Lipinski definition) is 5. The fourth-order valence-electron chi connectivity index (χ4n) is 2.67. The highest BCUT2D eigenvalue weighted by Crippen LogP contribution is 2.20. The first-order chi connectivity index (χ1) is 15.4. The second kappa shape index (κ2) is 12.8. The maximum atomic E-state index is 13.5. The van der Waals surface area contributed by atoms with E-state index in [1.165, 1.54) is 30.3 Å². The monoisotopic (exact) mass is 442 g/mol. The number of carbonyl (C=O) groups excluding carboxylic acids is 1. The van der Waals surface area contributed by atoms with Gasteiger partial charge in [-0.3, -0.25) is 5.32 Å². The maximum Gasteiger partial charge on any atom is 0.411 e. The lowest BCUT2D eigenvalue weighted by Gasteiger charge is -2.10. The molecular formula is C24H28F2N4O2. The Bertz CT molecular complexity index is 1000. The minimum absolute atomic E-state index is 0.188. The molecule has 0 aliphatic heterocycles. The Kier molecular flexibility index (Phi) is 9.77. The summed E-state index contributed by atoms with van der Waals surface area (Å²) in [5.74, 6) is -0.624. The number of amides is 1. The highest BCUT2D eigenvalue weighted by molar-refractivity contribution is 5.85. The summed E-state index contributed by atoms with van der Waals surface area (Å²) in [5.41, 5.74) is 8.21. The second-order valence-corrected chi connectivity index (χ2v) is 6.68. The van der Waals surface area contributed by atoms with Gasteiger partial charge < -0.3 is 21.1 Å². The largest absolute Gasteiger partial charge is 0.444 e. The van der Waals surface area contributed by atoms with E-state index in [0.717, 1.165) is 5.56 Å². The van der Waals surface area contributed by atoms with Crippen LogP contribution in [0.4, 0.5) is 36.3 Å². The Morgan fingerprint density at radius 2 is 1.47 bits per heavy atom. The summed E-state index contributed by atoms with van der Waals surface area (Å²) in [6.07, 6.45) is -0.576. The van der Waals surface area contributed by atoms with Crippen LogP contribution >= 0.6 is 0 Å². The van der Waals surface area contributed by atoms with Crippen molar-refractivity contribution in [1.29, 1.82) is 0 Å². The van der Waals surface area contributed by atoms with Gasteiger partial charge in [0.25, 0.3) is 0 Å². The fraction of sp³-hybridized carbons (Fsp3) is 0.208. The first-order valence-electron chi connectivity index (χ1n) is 10.2. The summed E-state index contributed by atoms with van der Waals surface area (Å²) in [6.45, 7) is 5.25. The number of carbonyl (C=O) groups is 1. The van der Waals surface area contributed by atoms with Crippen molar-refractivity contribution in [2.24, 2.45) is 0 Å². The molecule has 0 saturated heterocycles. The average molecular weight is 443 g/mol. The van der Waals surface area contributed by atoms with Crippen LogP contribution in [0, 0.1) is 11.6 Å². The Balaban J connectivity index is 0.000000278. The van der Waals surface area contributed by atoms with Crippen LogP contribution in [0.15, 0.2) is 66.7 Å². The molecule has 0 heterocycles. The van der Waals surface area contributed by atoms with Crippen LogP contribution in [-0.2, 0) is 11.3 Å². The zero-order valence-electron chi connectivity index (χ0n) is 18.1. The van der Waals surface area contributed by atoms with Crippen LogP contribution in [0.3, 0.4) is 0 Å². The van der Waals surface area contributed by atoms with E-state index in [0.29, 0.717) is 35.8 Å². The smallest absolute Gasteiger partial charge is 0.411 e. The quantitative estimate of drug-likeness (QED) is 0.345. The van der Waals surface area contributed by atoms with Gasteiger partial charge in [-0.05, 0) is 55.8 Å². The van der Waals surface area contributed by atoms with E-state index in [9.17, 15) is 13.6 Å². The topological polar surface area (TPSA) is 88.4 Å². The molecule has 0 fully saturated rings. The van der Waals surface area contributed by atoms with Crippen LogP contribution < -0.4 is 21.7 Å². The van der Waals surface area contributed by atoms with E-state index in [1.807, 2.05) is 44.2 Å². The van der Waals surface area contributed by atoms with Crippen molar-refractivity contribution in [3.63, 3.8) is 0 Å². The lowest BCUT2D eigenvalue weighted by molar-refractivity contribution is 0.155. The number of nitrogens with two attached hydrogens (primary N) is 1. The minimum Gasteiger partial charge on any atom is -0.444 e. The van der Waals surface area contributed by atoms with Crippen molar-refractivity contribution in [3.05, 3.63) is 83.9 Å². The van der Waals surface area contributed by atoms with Crippen molar-refractivity contribution < 1.29 is 18.3 Å². The predicted octanol–water partition coefficient (Wildman–Crippen LogP) is 5.85. The highest BCUT2D eigenvalue weighted by Gasteiger charge is 2.07. The minimum atomic E-state index is -0.576. The molecule has 1 amide bonds. The zero-order chi connectivity index (χ0) is 23.3. The molecule has 170 valence electrons. The summed E-state index contributed by atoms with van der Waals surface area (Å²) >= 11 is 0. The molecule has 0 atom stereocenters. The third-order valence-corrected chi connectivity index (χ3v) is 4.15. The van der Waals surface area contributed by atoms with E-state index in [2.05, 4.69) is 16.0 Å². The standard InChI is InChI=1S/C16H17FN2O2.C8H11FN2/c1-2-18-15-10-13(8-9-14(15)17)19-16(20)21-11-12-6-4-3-5-7-12;1-2-11-8-5-6(10)3-4-7(8)9/h3-10,18H,2,11H2,1H3,(H,19,20);3-5,11H,2,10H2,1H3. The Morgan fingerprint density at radius 1 is 0.875 bits per heavy atom. The van der Waals surface area contributed by atoms with Gasteiger partial charge in [0.15, 0.2) is 0 Å². The van der Waals surface area contributed by atoms with Gasteiger partial charge in [-0.25, -0.2) is 13.6 Å². The first kappa shape index (κ1) is 24.5. The van der Waals surface area contributed by atoms with Crippen LogP contribution in [0.5, 0.6) is 0 Å². The molecule has 5 N–H and O–H groups in total. The fourth-order valence-corrected chi connectivity index (χ4v) is 2.67. The number of nitrogen functional groups attached to an aromatic ring is 1. The van der Waals surface area contributed by atoms with Gasteiger partial charge in [0.05, 0.1) is 11.4 Å². The van der Waals surface area contributed by atoms with Crippen LogP contribution in [0.2, 0.25) is 0 Å². The molecular weight excluding hydrogens is 414 g/mol. The molecule has 0 aromatic heterocycles. The van der Waals surface area contributed by atoms with Crippen LogP contribution in [0.1, 0.15) is 19.4 Å². The van der Waals surface area contributed by atoms with Crippen LogP contribution in [-0.4, -0.2) is 19.2 Å². The van der Waals surface area contributed by atoms with Gasteiger partial charge in [-0.2, -0.15) is 0 Å². The molecule has 0 saturated carbocycles.